The van der Waals surface area contributed by atoms with E-state index in [1.807, 2.05) is 24.3 Å². The Morgan fingerprint density at radius 3 is 2.25 bits per heavy atom. The van der Waals surface area contributed by atoms with Crippen molar-refractivity contribution in [1.82, 2.24) is 0 Å². The van der Waals surface area contributed by atoms with Gasteiger partial charge < -0.3 is 11.1 Å². The van der Waals surface area contributed by atoms with Crippen LogP contribution in [0.25, 0.3) is 0 Å². The van der Waals surface area contributed by atoms with E-state index in [4.69, 9.17) is 5.73 Å². The van der Waals surface area contributed by atoms with Crippen LogP contribution in [0.15, 0.2) is 24.3 Å². The molecule has 0 unspecified atom stereocenters. The van der Waals surface area contributed by atoms with E-state index in [0.717, 1.165) is 24.1 Å². The predicted molar refractivity (Wildman–Crippen MR) is 67.3 cm³/mol. The monoisotopic (exact) mass is 220 g/mol. The zero-order valence-corrected chi connectivity index (χ0v) is 9.99. The van der Waals surface area contributed by atoms with Crippen molar-refractivity contribution >= 4 is 11.6 Å². The van der Waals surface area contributed by atoms with Gasteiger partial charge in [-0.25, -0.2) is 0 Å². The molecule has 0 aliphatic heterocycles. The van der Waals surface area contributed by atoms with Crippen LogP contribution in [0.5, 0.6) is 0 Å². The SMILES string of the molecule is CCC(CC)Nc1ccc(CC(N)=O)cc1. The summed E-state index contributed by atoms with van der Waals surface area (Å²) < 4.78 is 0. The van der Waals surface area contributed by atoms with Crippen molar-refractivity contribution in [1.29, 1.82) is 0 Å². The minimum absolute atomic E-state index is 0.291. The maximum Gasteiger partial charge on any atom is 0.221 e. The van der Waals surface area contributed by atoms with Crippen LogP contribution in [0.2, 0.25) is 0 Å². The predicted octanol–water partition coefficient (Wildman–Crippen LogP) is 2.31. The number of hydrogen-bond donors (Lipinski definition) is 2. The van der Waals surface area contributed by atoms with Crippen LogP contribution in [-0.4, -0.2) is 11.9 Å². The summed E-state index contributed by atoms with van der Waals surface area (Å²) in [5, 5.41) is 3.44. The highest BCUT2D eigenvalue weighted by atomic mass is 16.1. The van der Waals surface area contributed by atoms with Crippen molar-refractivity contribution in [2.24, 2.45) is 5.73 Å². The van der Waals surface area contributed by atoms with Gasteiger partial charge in [0, 0.05) is 11.7 Å². The molecule has 0 heterocycles. The van der Waals surface area contributed by atoms with Crippen LogP contribution in [0.4, 0.5) is 5.69 Å². The topological polar surface area (TPSA) is 55.1 Å². The van der Waals surface area contributed by atoms with E-state index in [0.29, 0.717) is 12.5 Å². The third-order valence-corrected chi connectivity index (χ3v) is 2.69. The van der Waals surface area contributed by atoms with Crippen LogP contribution in [0.3, 0.4) is 0 Å². The summed E-state index contributed by atoms with van der Waals surface area (Å²) >= 11 is 0. The van der Waals surface area contributed by atoms with Crippen LogP contribution in [0, 0.1) is 0 Å². The highest BCUT2D eigenvalue weighted by molar-refractivity contribution is 5.76. The van der Waals surface area contributed by atoms with Crippen molar-refractivity contribution in [3.8, 4) is 0 Å². The Kier molecular flexibility index (Phi) is 4.83. The summed E-state index contributed by atoms with van der Waals surface area (Å²) in [4.78, 5) is 10.7. The lowest BCUT2D eigenvalue weighted by molar-refractivity contribution is -0.117. The Labute approximate surface area is 97.0 Å². The van der Waals surface area contributed by atoms with Gasteiger partial charge in [-0.2, -0.15) is 0 Å². The van der Waals surface area contributed by atoms with Gasteiger partial charge in [0.05, 0.1) is 6.42 Å². The van der Waals surface area contributed by atoms with Crippen molar-refractivity contribution in [2.75, 3.05) is 5.32 Å². The number of primary amides is 1. The first-order valence-corrected chi connectivity index (χ1v) is 5.79. The van der Waals surface area contributed by atoms with Gasteiger partial charge in [0.2, 0.25) is 5.91 Å². The lowest BCUT2D eigenvalue weighted by Gasteiger charge is -2.16. The van der Waals surface area contributed by atoms with Gasteiger partial charge in [-0.1, -0.05) is 26.0 Å². The molecule has 0 saturated heterocycles. The fourth-order valence-corrected chi connectivity index (χ4v) is 1.65. The first-order valence-electron chi connectivity index (χ1n) is 5.79. The van der Waals surface area contributed by atoms with Crippen molar-refractivity contribution in [3.63, 3.8) is 0 Å². The molecule has 0 saturated carbocycles. The van der Waals surface area contributed by atoms with E-state index in [-0.39, 0.29) is 5.91 Å². The summed E-state index contributed by atoms with van der Waals surface area (Å²) in [6.45, 7) is 4.34. The van der Waals surface area contributed by atoms with Crippen molar-refractivity contribution < 1.29 is 4.79 Å². The van der Waals surface area contributed by atoms with Crippen LogP contribution in [-0.2, 0) is 11.2 Å². The van der Waals surface area contributed by atoms with Crippen molar-refractivity contribution in [2.45, 2.75) is 39.2 Å². The number of nitrogens with two attached hydrogens (primary N) is 1. The van der Waals surface area contributed by atoms with Gasteiger partial charge in [-0.3, -0.25) is 4.79 Å². The average Bonchev–Trinajstić information content (AvgIpc) is 2.27. The van der Waals surface area contributed by atoms with Crippen LogP contribution < -0.4 is 11.1 Å². The third-order valence-electron chi connectivity index (χ3n) is 2.69. The summed E-state index contributed by atoms with van der Waals surface area (Å²) in [6.07, 6.45) is 2.53. The molecule has 88 valence electrons. The molecule has 1 amide bonds. The molecule has 0 atom stereocenters. The molecule has 3 heteroatoms. The molecule has 1 rings (SSSR count). The summed E-state index contributed by atoms with van der Waals surface area (Å²) in [5.41, 5.74) is 7.19. The van der Waals surface area contributed by atoms with E-state index < -0.39 is 0 Å². The lowest BCUT2D eigenvalue weighted by Crippen LogP contribution is -2.17. The smallest absolute Gasteiger partial charge is 0.221 e. The standard InChI is InChI=1S/C13H20N2O/c1-3-11(4-2)15-12-7-5-10(6-8-12)9-13(14)16/h5-8,11,15H,3-4,9H2,1-2H3,(H2,14,16). The maximum absolute atomic E-state index is 10.7. The molecule has 1 aromatic rings. The fraction of sp³-hybridized carbons (Fsp3) is 0.462. The number of amides is 1. The summed E-state index contributed by atoms with van der Waals surface area (Å²) in [6, 6.07) is 8.39. The molecular weight excluding hydrogens is 200 g/mol. The quantitative estimate of drug-likeness (QED) is 0.773. The Morgan fingerprint density at radius 2 is 1.81 bits per heavy atom. The molecule has 0 radical (unpaired) electrons. The minimum atomic E-state index is -0.291. The van der Waals surface area contributed by atoms with Crippen LogP contribution >= 0.6 is 0 Å². The van der Waals surface area contributed by atoms with Gasteiger partial charge >= 0.3 is 0 Å². The second-order valence-corrected chi connectivity index (χ2v) is 4.00. The molecule has 3 N–H and O–H groups in total. The Hall–Kier alpha value is -1.51. The first kappa shape index (κ1) is 12.6. The Bertz CT molecular complexity index is 328. The molecular formula is C13H20N2O. The molecule has 3 nitrogen and oxygen atoms in total. The number of anilines is 1. The number of benzene rings is 1. The van der Waals surface area contributed by atoms with Crippen LogP contribution in [0.1, 0.15) is 32.3 Å². The lowest BCUT2D eigenvalue weighted by atomic mass is 10.1. The maximum atomic E-state index is 10.7. The van der Waals surface area contributed by atoms with E-state index in [9.17, 15) is 4.79 Å². The Morgan fingerprint density at radius 1 is 1.25 bits per heavy atom. The largest absolute Gasteiger partial charge is 0.382 e. The van der Waals surface area contributed by atoms with Gasteiger partial charge in [0.25, 0.3) is 0 Å². The van der Waals surface area contributed by atoms with E-state index >= 15 is 0 Å². The van der Waals surface area contributed by atoms with Gasteiger partial charge in [0.15, 0.2) is 0 Å². The number of carbonyl (C=O) groups excluding carboxylic acids is 1. The number of nitrogens with one attached hydrogen (secondary N) is 1. The Balaban J connectivity index is 2.60. The zero-order valence-electron chi connectivity index (χ0n) is 9.99. The van der Waals surface area contributed by atoms with Gasteiger partial charge in [-0.05, 0) is 30.5 Å². The third kappa shape index (κ3) is 3.93. The minimum Gasteiger partial charge on any atom is -0.382 e. The molecule has 0 spiro atoms. The van der Waals surface area contributed by atoms with Crippen molar-refractivity contribution in [3.05, 3.63) is 29.8 Å². The number of rotatable bonds is 6. The first-order chi connectivity index (χ1) is 7.65. The highest BCUT2D eigenvalue weighted by Gasteiger charge is 2.03. The molecule has 0 aromatic heterocycles. The molecule has 16 heavy (non-hydrogen) atoms. The summed E-state index contributed by atoms with van der Waals surface area (Å²) in [5.74, 6) is -0.291. The molecule has 0 aliphatic rings. The van der Waals surface area contributed by atoms with Gasteiger partial charge in [-0.15, -0.1) is 0 Å². The second kappa shape index (κ2) is 6.16. The molecule has 0 fully saturated rings. The fourth-order valence-electron chi connectivity index (χ4n) is 1.65. The number of hydrogen-bond acceptors (Lipinski definition) is 2. The average molecular weight is 220 g/mol. The number of carbonyl (C=O) groups is 1. The second-order valence-electron chi connectivity index (χ2n) is 4.00. The van der Waals surface area contributed by atoms with E-state index in [1.54, 1.807) is 0 Å². The zero-order chi connectivity index (χ0) is 12.0. The molecule has 1 aromatic carbocycles. The molecule has 0 aliphatic carbocycles. The van der Waals surface area contributed by atoms with Gasteiger partial charge in [0.1, 0.15) is 0 Å². The highest BCUT2D eigenvalue weighted by Crippen LogP contribution is 2.13. The van der Waals surface area contributed by atoms with E-state index in [1.165, 1.54) is 0 Å². The summed E-state index contributed by atoms with van der Waals surface area (Å²) in [7, 11) is 0. The molecule has 0 bridgehead atoms. The normalized spacial score (nSPS) is 10.4. The van der Waals surface area contributed by atoms with E-state index in [2.05, 4.69) is 19.2 Å².